The summed E-state index contributed by atoms with van der Waals surface area (Å²) in [5.41, 5.74) is 5.03. The topological polar surface area (TPSA) is 127 Å². The molecule has 0 aromatic carbocycles. The zero-order valence-electron chi connectivity index (χ0n) is 18.8. The number of fused-ring (bicyclic) bond motifs is 1. The summed E-state index contributed by atoms with van der Waals surface area (Å²) < 4.78 is 5.27. The number of carbonyl (C=O) groups excluding carboxylic acids is 4. The number of aromatic nitrogens is 1. The Balaban J connectivity index is 1.48. The lowest BCUT2D eigenvalue weighted by Crippen LogP contribution is -2.32. The zero-order chi connectivity index (χ0) is 24.0. The third kappa shape index (κ3) is 7.28. The normalized spacial score (nSPS) is 17.2. The Hall–Kier alpha value is -2.95. The molecule has 178 valence electrons. The molecule has 1 aliphatic heterocycles. The second kappa shape index (κ2) is 10.8. The number of ether oxygens (including phenoxy) is 1. The molecule has 2 heterocycles. The van der Waals surface area contributed by atoms with Crippen molar-refractivity contribution < 1.29 is 28.8 Å². The van der Waals surface area contributed by atoms with E-state index in [1.807, 2.05) is 19.9 Å². The molecule has 0 spiro atoms. The molecule has 1 aromatic heterocycles. The maximum Gasteiger partial charge on any atom is 0.333 e. The van der Waals surface area contributed by atoms with Crippen molar-refractivity contribution in [2.24, 2.45) is 5.10 Å². The van der Waals surface area contributed by atoms with Crippen LogP contribution in [-0.2, 0) is 30.4 Å². The molecule has 10 nitrogen and oxygen atoms in total. The predicted octanol–water partition coefficient (Wildman–Crippen LogP) is 2.10. The highest BCUT2D eigenvalue weighted by Crippen LogP contribution is 2.24. The Kier molecular flexibility index (Phi) is 8.06. The van der Waals surface area contributed by atoms with Gasteiger partial charge >= 0.3 is 5.97 Å². The van der Waals surface area contributed by atoms with Gasteiger partial charge in [0, 0.05) is 24.0 Å². The van der Waals surface area contributed by atoms with Gasteiger partial charge in [0.05, 0.1) is 30.6 Å². The van der Waals surface area contributed by atoms with Crippen molar-refractivity contribution in [2.45, 2.75) is 70.0 Å². The molecule has 1 aliphatic carbocycles. The molecule has 0 radical (unpaired) electrons. The second-order valence-corrected chi connectivity index (χ2v) is 9.82. The van der Waals surface area contributed by atoms with E-state index in [9.17, 15) is 19.2 Å². The number of thiol groups is 1. The standard InChI is InChI=1S/C22H28N4O6S/c1-22(2,33)12-17(27)25-24-16-6-3-5-14-11-15(13-23-21(14)16)31-10-4-7-20(30)32-26-18(28)8-9-19(26)29/h11,13,33H,3-10,12H2,1-2H3,(H,25,27)/b24-16-. The zero-order valence-corrected chi connectivity index (χ0v) is 19.7. The summed E-state index contributed by atoms with van der Waals surface area (Å²) in [6, 6.07) is 1.88. The molecule has 3 rings (SSSR count). The average molecular weight is 477 g/mol. The summed E-state index contributed by atoms with van der Waals surface area (Å²) in [6.07, 6.45) is 4.73. The maximum absolute atomic E-state index is 12.0. The summed E-state index contributed by atoms with van der Waals surface area (Å²) in [4.78, 5) is 56.1. The van der Waals surface area contributed by atoms with Crippen molar-refractivity contribution >= 4 is 42.0 Å². The van der Waals surface area contributed by atoms with Crippen molar-refractivity contribution in [3.63, 3.8) is 0 Å². The summed E-state index contributed by atoms with van der Waals surface area (Å²) in [6.45, 7) is 3.97. The van der Waals surface area contributed by atoms with Crippen LogP contribution in [0.1, 0.15) is 70.1 Å². The number of nitrogens with one attached hydrogen (secondary N) is 1. The second-order valence-electron chi connectivity index (χ2n) is 8.61. The van der Waals surface area contributed by atoms with Gasteiger partial charge in [-0.3, -0.25) is 19.4 Å². The maximum atomic E-state index is 12.0. The number of rotatable bonds is 9. The first kappa shape index (κ1) is 24.7. The van der Waals surface area contributed by atoms with Gasteiger partial charge < -0.3 is 9.57 Å². The van der Waals surface area contributed by atoms with Gasteiger partial charge in [-0.15, -0.1) is 5.06 Å². The Morgan fingerprint density at radius 1 is 1.21 bits per heavy atom. The number of hydrogen-bond donors (Lipinski definition) is 2. The molecule has 1 fully saturated rings. The van der Waals surface area contributed by atoms with Gasteiger partial charge in [0.15, 0.2) is 0 Å². The first-order chi connectivity index (χ1) is 15.6. The summed E-state index contributed by atoms with van der Waals surface area (Å²) >= 11 is 4.36. The fourth-order valence-corrected chi connectivity index (χ4v) is 3.61. The third-order valence-corrected chi connectivity index (χ3v) is 5.13. The number of hydrazone groups is 1. The van der Waals surface area contributed by atoms with Crippen molar-refractivity contribution in [1.29, 1.82) is 0 Å². The Morgan fingerprint density at radius 3 is 2.64 bits per heavy atom. The van der Waals surface area contributed by atoms with E-state index in [0.717, 1.165) is 36.2 Å². The van der Waals surface area contributed by atoms with Crippen LogP contribution in [0.5, 0.6) is 5.75 Å². The van der Waals surface area contributed by atoms with Gasteiger partial charge in [-0.1, -0.05) is 13.8 Å². The van der Waals surface area contributed by atoms with Gasteiger partial charge in [-0.2, -0.15) is 17.7 Å². The SMILES string of the molecule is CC(C)(S)CC(=O)N/N=C1/CCCc2cc(OCCCC(=O)ON3C(=O)CCC3=O)cnc21. The van der Waals surface area contributed by atoms with E-state index in [2.05, 4.69) is 28.1 Å². The van der Waals surface area contributed by atoms with Crippen LogP contribution >= 0.6 is 12.6 Å². The lowest BCUT2D eigenvalue weighted by Gasteiger charge is -2.19. The Bertz CT molecular complexity index is 956. The van der Waals surface area contributed by atoms with Gasteiger partial charge in [-0.25, -0.2) is 10.2 Å². The number of hydroxylamine groups is 2. The molecule has 0 bridgehead atoms. The van der Waals surface area contributed by atoms with Crippen LogP contribution in [0, 0.1) is 0 Å². The minimum absolute atomic E-state index is 0.00895. The van der Waals surface area contributed by atoms with Gasteiger partial charge in [0.25, 0.3) is 11.8 Å². The molecule has 0 saturated carbocycles. The molecule has 1 saturated heterocycles. The Morgan fingerprint density at radius 2 is 1.94 bits per heavy atom. The molecule has 33 heavy (non-hydrogen) atoms. The predicted molar refractivity (Wildman–Crippen MR) is 121 cm³/mol. The van der Waals surface area contributed by atoms with Crippen molar-refractivity contribution in [3.05, 3.63) is 23.5 Å². The lowest BCUT2D eigenvalue weighted by molar-refractivity contribution is -0.197. The number of hydrogen-bond acceptors (Lipinski definition) is 9. The first-order valence-corrected chi connectivity index (χ1v) is 11.3. The molecule has 1 aromatic rings. The number of amides is 3. The number of nitrogens with zero attached hydrogens (tertiary/aromatic N) is 3. The van der Waals surface area contributed by atoms with Crippen LogP contribution in [-0.4, -0.2) is 50.8 Å². The minimum atomic E-state index is -0.657. The van der Waals surface area contributed by atoms with E-state index in [1.54, 1.807) is 6.20 Å². The van der Waals surface area contributed by atoms with Crippen molar-refractivity contribution in [2.75, 3.05) is 6.61 Å². The van der Waals surface area contributed by atoms with Gasteiger partial charge in [-0.05, 0) is 37.3 Å². The van der Waals surface area contributed by atoms with E-state index < -0.39 is 22.5 Å². The monoisotopic (exact) mass is 476 g/mol. The molecule has 0 atom stereocenters. The van der Waals surface area contributed by atoms with E-state index in [-0.39, 0.29) is 38.2 Å². The fraction of sp³-hybridized carbons (Fsp3) is 0.545. The fourth-order valence-electron chi connectivity index (χ4n) is 3.47. The molecule has 3 amide bonds. The van der Waals surface area contributed by atoms with Crippen LogP contribution in [0.15, 0.2) is 17.4 Å². The number of aryl methyl sites for hydroxylation is 1. The van der Waals surface area contributed by atoms with Crippen LogP contribution in [0.4, 0.5) is 0 Å². The van der Waals surface area contributed by atoms with E-state index in [4.69, 9.17) is 9.57 Å². The average Bonchev–Trinajstić information content (AvgIpc) is 3.06. The summed E-state index contributed by atoms with van der Waals surface area (Å²) in [5, 5.41) is 4.80. The first-order valence-electron chi connectivity index (χ1n) is 10.9. The molecule has 1 N–H and O–H groups in total. The van der Waals surface area contributed by atoms with Crippen LogP contribution in [0.3, 0.4) is 0 Å². The lowest BCUT2D eigenvalue weighted by atomic mass is 9.94. The van der Waals surface area contributed by atoms with E-state index >= 15 is 0 Å². The highest BCUT2D eigenvalue weighted by molar-refractivity contribution is 7.81. The van der Waals surface area contributed by atoms with Crippen LogP contribution in [0.25, 0.3) is 0 Å². The molecular weight excluding hydrogens is 448 g/mol. The summed E-state index contributed by atoms with van der Waals surface area (Å²) in [7, 11) is 0. The molecule has 0 unspecified atom stereocenters. The van der Waals surface area contributed by atoms with Gasteiger partial charge in [0.2, 0.25) is 5.91 Å². The number of imide groups is 1. The minimum Gasteiger partial charge on any atom is -0.492 e. The smallest absolute Gasteiger partial charge is 0.333 e. The summed E-state index contributed by atoms with van der Waals surface area (Å²) in [5.74, 6) is -1.30. The van der Waals surface area contributed by atoms with Crippen LogP contribution in [0.2, 0.25) is 0 Å². The number of pyridine rings is 1. The van der Waals surface area contributed by atoms with E-state index in [1.165, 1.54) is 0 Å². The molecule has 11 heteroatoms. The number of carbonyl (C=O) groups is 4. The quantitative estimate of drug-likeness (QED) is 0.242. The van der Waals surface area contributed by atoms with Crippen molar-refractivity contribution in [3.8, 4) is 5.75 Å². The molecule has 2 aliphatic rings. The third-order valence-electron chi connectivity index (χ3n) is 4.98. The molecular formula is C22H28N4O6S. The Labute approximate surface area is 197 Å². The van der Waals surface area contributed by atoms with Crippen LogP contribution < -0.4 is 10.2 Å². The highest BCUT2D eigenvalue weighted by atomic mass is 32.1. The van der Waals surface area contributed by atoms with Gasteiger partial charge in [0.1, 0.15) is 5.75 Å². The van der Waals surface area contributed by atoms with Crippen molar-refractivity contribution in [1.82, 2.24) is 15.5 Å². The van der Waals surface area contributed by atoms with E-state index in [0.29, 0.717) is 17.2 Å². The highest BCUT2D eigenvalue weighted by Gasteiger charge is 2.32. The largest absolute Gasteiger partial charge is 0.492 e.